The Balaban J connectivity index is 2.34. The molecule has 2 N–H and O–H groups in total. The lowest BCUT2D eigenvalue weighted by Gasteiger charge is -2.05. The molecule has 0 amide bonds. The van der Waals surface area contributed by atoms with Gasteiger partial charge in [-0.15, -0.1) is 0 Å². The SMILES string of the molecule is NCc1cccc2c(Br)nc(C3CC3)n12. The van der Waals surface area contributed by atoms with Gasteiger partial charge in [-0.25, -0.2) is 4.98 Å². The molecule has 1 saturated carbocycles. The number of pyridine rings is 1. The quantitative estimate of drug-likeness (QED) is 0.907. The van der Waals surface area contributed by atoms with Crippen molar-refractivity contribution >= 4 is 21.4 Å². The van der Waals surface area contributed by atoms with Crippen LogP contribution in [0, 0.1) is 0 Å². The number of aromatic nitrogens is 2. The highest BCUT2D eigenvalue weighted by molar-refractivity contribution is 9.10. The topological polar surface area (TPSA) is 43.3 Å². The molecule has 2 aromatic rings. The lowest BCUT2D eigenvalue weighted by Crippen LogP contribution is -2.05. The first-order valence-corrected chi connectivity index (χ1v) is 5.96. The van der Waals surface area contributed by atoms with Crippen molar-refractivity contribution < 1.29 is 0 Å². The van der Waals surface area contributed by atoms with Gasteiger partial charge in [0.2, 0.25) is 0 Å². The van der Waals surface area contributed by atoms with Crippen LogP contribution < -0.4 is 5.73 Å². The van der Waals surface area contributed by atoms with Crippen molar-refractivity contribution in [3.05, 3.63) is 34.3 Å². The standard InChI is InChI=1S/C11H12BrN3/c12-10-9-3-1-2-8(6-13)15(9)11(14-10)7-4-5-7/h1-3,7H,4-6,13H2. The van der Waals surface area contributed by atoms with Gasteiger partial charge in [0.1, 0.15) is 10.4 Å². The summed E-state index contributed by atoms with van der Waals surface area (Å²) in [6.45, 7) is 0.555. The lowest BCUT2D eigenvalue weighted by atomic mass is 10.3. The van der Waals surface area contributed by atoms with E-state index in [0.29, 0.717) is 12.5 Å². The number of hydrogen-bond donors (Lipinski definition) is 1. The molecule has 1 fully saturated rings. The van der Waals surface area contributed by atoms with Gasteiger partial charge in [0.25, 0.3) is 0 Å². The highest BCUT2D eigenvalue weighted by atomic mass is 79.9. The van der Waals surface area contributed by atoms with E-state index >= 15 is 0 Å². The van der Waals surface area contributed by atoms with Gasteiger partial charge in [0, 0.05) is 18.2 Å². The van der Waals surface area contributed by atoms with Gasteiger partial charge in [-0.05, 0) is 40.9 Å². The van der Waals surface area contributed by atoms with Crippen molar-refractivity contribution in [1.29, 1.82) is 0 Å². The summed E-state index contributed by atoms with van der Waals surface area (Å²) in [5.74, 6) is 1.80. The molecule has 15 heavy (non-hydrogen) atoms. The third-order valence-electron chi connectivity index (χ3n) is 2.88. The molecule has 78 valence electrons. The maximum Gasteiger partial charge on any atom is 0.132 e. The molecule has 0 bridgehead atoms. The molecular weight excluding hydrogens is 254 g/mol. The second kappa shape index (κ2) is 3.32. The molecule has 1 aliphatic carbocycles. The number of halogens is 1. The van der Waals surface area contributed by atoms with Crippen LogP contribution >= 0.6 is 15.9 Å². The molecule has 0 spiro atoms. The number of fused-ring (bicyclic) bond motifs is 1. The van der Waals surface area contributed by atoms with Gasteiger partial charge in [-0.1, -0.05) is 6.07 Å². The summed E-state index contributed by atoms with van der Waals surface area (Å²) in [4.78, 5) is 4.58. The van der Waals surface area contributed by atoms with Gasteiger partial charge in [0.15, 0.2) is 0 Å². The normalized spacial score (nSPS) is 16.1. The molecule has 0 atom stereocenters. The van der Waals surface area contributed by atoms with Crippen molar-refractivity contribution in [3.63, 3.8) is 0 Å². The van der Waals surface area contributed by atoms with Crippen LogP contribution in [0.1, 0.15) is 30.3 Å². The van der Waals surface area contributed by atoms with Crippen LogP contribution in [0.4, 0.5) is 0 Å². The molecular formula is C11H12BrN3. The van der Waals surface area contributed by atoms with Crippen LogP contribution in [0.3, 0.4) is 0 Å². The predicted octanol–water partition coefficient (Wildman–Crippen LogP) is 2.43. The minimum absolute atomic E-state index is 0.555. The number of hydrogen-bond acceptors (Lipinski definition) is 2. The van der Waals surface area contributed by atoms with E-state index in [2.05, 4.69) is 37.4 Å². The minimum atomic E-state index is 0.555. The molecule has 3 rings (SSSR count). The summed E-state index contributed by atoms with van der Waals surface area (Å²) in [7, 11) is 0. The molecule has 0 saturated heterocycles. The largest absolute Gasteiger partial charge is 0.325 e. The van der Waals surface area contributed by atoms with E-state index in [0.717, 1.165) is 21.6 Å². The van der Waals surface area contributed by atoms with Crippen molar-refractivity contribution in [2.75, 3.05) is 0 Å². The highest BCUT2D eigenvalue weighted by Gasteiger charge is 2.29. The molecule has 0 unspecified atom stereocenters. The van der Waals surface area contributed by atoms with Crippen LogP contribution in [0.2, 0.25) is 0 Å². The van der Waals surface area contributed by atoms with Crippen LogP contribution in [-0.2, 0) is 6.54 Å². The maximum absolute atomic E-state index is 5.75. The predicted molar refractivity (Wildman–Crippen MR) is 62.8 cm³/mol. The molecule has 0 aliphatic heterocycles. The third kappa shape index (κ3) is 1.40. The van der Waals surface area contributed by atoms with E-state index in [1.807, 2.05) is 6.07 Å². The lowest BCUT2D eigenvalue weighted by molar-refractivity contribution is 0.854. The van der Waals surface area contributed by atoms with E-state index in [9.17, 15) is 0 Å². The molecule has 0 radical (unpaired) electrons. The summed E-state index contributed by atoms with van der Waals surface area (Å²) < 4.78 is 3.13. The fourth-order valence-electron chi connectivity index (χ4n) is 1.97. The van der Waals surface area contributed by atoms with E-state index < -0.39 is 0 Å². The molecule has 2 aromatic heterocycles. The summed E-state index contributed by atoms with van der Waals surface area (Å²) in [6, 6.07) is 6.16. The third-order valence-corrected chi connectivity index (χ3v) is 3.46. The van der Waals surface area contributed by atoms with E-state index in [1.54, 1.807) is 0 Å². The Morgan fingerprint density at radius 2 is 2.27 bits per heavy atom. The number of rotatable bonds is 2. The molecule has 1 aliphatic rings. The van der Waals surface area contributed by atoms with Gasteiger partial charge in [-0.3, -0.25) is 4.40 Å². The number of imidazole rings is 1. The van der Waals surface area contributed by atoms with Gasteiger partial charge < -0.3 is 5.73 Å². The van der Waals surface area contributed by atoms with Crippen LogP contribution in [-0.4, -0.2) is 9.38 Å². The second-order valence-corrected chi connectivity index (χ2v) is 4.73. The maximum atomic E-state index is 5.75. The Morgan fingerprint density at radius 1 is 1.47 bits per heavy atom. The monoisotopic (exact) mass is 265 g/mol. The average molecular weight is 266 g/mol. The fraction of sp³-hybridized carbons (Fsp3) is 0.364. The Morgan fingerprint density at radius 3 is 2.93 bits per heavy atom. The Hall–Kier alpha value is -0.870. The van der Waals surface area contributed by atoms with Gasteiger partial charge in [-0.2, -0.15) is 0 Å². The number of nitrogens with two attached hydrogens (primary N) is 1. The average Bonchev–Trinajstić information content (AvgIpc) is 3.04. The van der Waals surface area contributed by atoms with Crippen molar-refractivity contribution in [1.82, 2.24) is 9.38 Å². The Labute approximate surface area is 96.4 Å². The van der Waals surface area contributed by atoms with Crippen molar-refractivity contribution in [3.8, 4) is 0 Å². The minimum Gasteiger partial charge on any atom is -0.325 e. The first-order chi connectivity index (χ1) is 7.31. The van der Waals surface area contributed by atoms with Crippen LogP contribution in [0.25, 0.3) is 5.52 Å². The van der Waals surface area contributed by atoms with E-state index in [-0.39, 0.29) is 0 Å². The van der Waals surface area contributed by atoms with E-state index in [4.69, 9.17) is 5.73 Å². The summed E-state index contributed by atoms with van der Waals surface area (Å²) in [5.41, 5.74) is 8.01. The number of nitrogens with zero attached hydrogens (tertiary/aromatic N) is 2. The van der Waals surface area contributed by atoms with Crippen LogP contribution in [0.5, 0.6) is 0 Å². The van der Waals surface area contributed by atoms with Gasteiger partial charge in [0.05, 0.1) is 5.52 Å². The second-order valence-electron chi connectivity index (χ2n) is 3.98. The van der Waals surface area contributed by atoms with E-state index in [1.165, 1.54) is 12.8 Å². The Bertz CT molecular complexity index is 514. The molecule has 2 heterocycles. The zero-order chi connectivity index (χ0) is 10.4. The first kappa shape index (κ1) is 9.36. The fourth-order valence-corrected chi connectivity index (χ4v) is 2.46. The van der Waals surface area contributed by atoms with Crippen molar-refractivity contribution in [2.45, 2.75) is 25.3 Å². The van der Waals surface area contributed by atoms with Crippen LogP contribution in [0.15, 0.2) is 22.8 Å². The smallest absolute Gasteiger partial charge is 0.132 e. The van der Waals surface area contributed by atoms with Gasteiger partial charge >= 0.3 is 0 Å². The Kier molecular flexibility index (Phi) is 2.07. The summed E-state index contributed by atoms with van der Waals surface area (Å²) >= 11 is 3.50. The zero-order valence-electron chi connectivity index (χ0n) is 8.28. The summed E-state index contributed by atoms with van der Waals surface area (Å²) in [6.07, 6.45) is 2.51. The molecule has 3 nitrogen and oxygen atoms in total. The molecule has 0 aromatic carbocycles. The van der Waals surface area contributed by atoms with Crippen molar-refractivity contribution in [2.24, 2.45) is 5.73 Å². The zero-order valence-corrected chi connectivity index (χ0v) is 9.87. The molecule has 4 heteroatoms. The first-order valence-electron chi connectivity index (χ1n) is 5.17. The highest BCUT2D eigenvalue weighted by Crippen LogP contribution is 2.41. The summed E-state index contributed by atoms with van der Waals surface area (Å²) in [5, 5.41) is 0.